The molecule has 1 aromatic carbocycles. The van der Waals surface area contributed by atoms with Gasteiger partial charge in [-0.1, -0.05) is 12.1 Å². The van der Waals surface area contributed by atoms with Gasteiger partial charge in [0.05, 0.1) is 11.1 Å². The monoisotopic (exact) mass is 843 g/mol. The van der Waals surface area contributed by atoms with E-state index in [0.29, 0.717) is 26.1 Å². The molecular formula is C46H83O11P. The Balaban J connectivity index is 0.00000229. The van der Waals surface area contributed by atoms with Crippen LogP contribution < -0.4 is 0 Å². The fourth-order valence-electron chi connectivity index (χ4n) is 6.33. The van der Waals surface area contributed by atoms with Gasteiger partial charge in [0.25, 0.3) is 0 Å². The van der Waals surface area contributed by atoms with Gasteiger partial charge in [0.1, 0.15) is 0 Å². The maximum absolute atomic E-state index is 11.6. The summed E-state index contributed by atoms with van der Waals surface area (Å²) in [5.74, 6) is -2.33. The number of carboxylic acids is 2. The number of benzene rings is 1. The molecule has 5 N–H and O–H groups in total. The normalized spacial score (nSPS) is 12.2. The Bertz CT molecular complexity index is 1160. The molecule has 58 heavy (non-hydrogen) atoms. The Kier molecular flexibility index (Phi) is 32.7. The van der Waals surface area contributed by atoms with Crippen LogP contribution in [0.1, 0.15) is 203 Å². The third-order valence-corrected chi connectivity index (χ3v) is 12.5. The molecule has 0 heterocycles. The summed E-state index contributed by atoms with van der Waals surface area (Å²) < 4.78 is 24.9. The third-order valence-electron chi connectivity index (χ3n) is 9.89. The molecule has 0 atom stereocenters. The molecule has 1 aromatic rings. The molecule has 0 aliphatic rings. The van der Waals surface area contributed by atoms with Crippen molar-refractivity contribution in [3.8, 4) is 0 Å². The zero-order valence-electron chi connectivity index (χ0n) is 36.8. The SMILES string of the molecule is C=CCP(O)(O)(O)C(C=C(OCCCCCCCC)OCCCCCCCC)(OCCCCCCCC)OCCCCCCCC.O=C(O)c1ccccc1C(=O)O. The minimum Gasteiger partial charge on any atom is -0.478 e. The molecular weight excluding hydrogens is 759 g/mol. The third kappa shape index (κ3) is 25.2. The number of carboxylic acid groups (broad SMARTS) is 2. The number of hydrogen-bond donors (Lipinski definition) is 5. The van der Waals surface area contributed by atoms with Gasteiger partial charge < -0.3 is 10.2 Å². The molecule has 0 amide bonds. The number of unbranched alkanes of at least 4 members (excludes halogenated alkanes) is 20. The summed E-state index contributed by atoms with van der Waals surface area (Å²) in [5, 5.41) is 17.1. The van der Waals surface area contributed by atoms with E-state index in [0.717, 1.165) is 77.0 Å². The van der Waals surface area contributed by atoms with Crippen LogP contribution in [-0.4, -0.2) is 74.9 Å². The molecule has 11 nitrogen and oxygen atoms in total. The number of rotatable bonds is 38. The summed E-state index contributed by atoms with van der Waals surface area (Å²) in [6, 6.07) is 5.48. The molecule has 0 spiro atoms. The van der Waals surface area contributed by atoms with Gasteiger partial charge >= 0.3 is 297 Å². The molecule has 0 aromatic heterocycles. The second kappa shape index (κ2) is 34.2. The minimum atomic E-state index is -5.65. The molecule has 0 unspecified atom stereocenters. The van der Waals surface area contributed by atoms with Gasteiger partial charge in [0, 0.05) is 0 Å². The smallest absolute Gasteiger partial charge is 0.336 e. The Morgan fingerprint density at radius 1 is 0.552 bits per heavy atom. The summed E-state index contributed by atoms with van der Waals surface area (Å²) >= 11 is 0. The van der Waals surface area contributed by atoms with E-state index in [1.165, 1.54) is 101 Å². The Morgan fingerprint density at radius 2 is 0.862 bits per heavy atom. The van der Waals surface area contributed by atoms with Gasteiger partial charge in [-0.3, -0.25) is 0 Å². The number of allylic oxidation sites excluding steroid dienone is 1. The quantitative estimate of drug-likeness (QED) is 0.0141. The summed E-state index contributed by atoms with van der Waals surface area (Å²) in [5.41, 5.74) is -2.58. The van der Waals surface area contributed by atoms with Gasteiger partial charge in [-0.25, -0.2) is 9.59 Å². The molecule has 0 saturated carbocycles. The summed E-state index contributed by atoms with van der Waals surface area (Å²) in [7, 11) is -5.65. The number of hydrogen-bond acceptors (Lipinski definition) is 9. The Hall–Kier alpha value is -2.53. The van der Waals surface area contributed by atoms with Crippen LogP contribution in [0.5, 0.6) is 0 Å². The van der Waals surface area contributed by atoms with Crippen molar-refractivity contribution in [3.63, 3.8) is 0 Å². The van der Waals surface area contributed by atoms with E-state index >= 15 is 0 Å². The molecule has 12 heteroatoms. The predicted molar refractivity (Wildman–Crippen MR) is 237 cm³/mol. The molecule has 0 bridgehead atoms. The van der Waals surface area contributed by atoms with E-state index < -0.39 is 30.9 Å². The molecule has 0 radical (unpaired) electrons. The Labute approximate surface area is 351 Å². The topological polar surface area (TPSA) is 172 Å². The molecule has 0 saturated heterocycles. The number of carbonyl (C=O) groups is 2. The number of aromatic carboxylic acids is 2. The van der Waals surface area contributed by atoms with E-state index in [4.69, 9.17) is 29.2 Å². The van der Waals surface area contributed by atoms with Crippen molar-refractivity contribution in [3.05, 3.63) is 60.1 Å². The molecule has 0 fully saturated rings. The van der Waals surface area contributed by atoms with Crippen molar-refractivity contribution in [1.29, 1.82) is 0 Å². The fourth-order valence-corrected chi connectivity index (χ4v) is 8.14. The first-order valence-electron chi connectivity index (χ1n) is 22.5. The van der Waals surface area contributed by atoms with E-state index in [-0.39, 0.29) is 30.3 Å². The van der Waals surface area contributed by atoms with Crippen LogP contribution in [0.3, 0.4) is 0 Å². The van der Waals surface area contributed by atoms with Crippen LogP contribution in [0.25, 0.3) is 0 Å². The van der Waals surface area contributed by atoms with Crippen LogP contribution in [0.2, 0.25) is 0 Å². The maximum atomic E-state index is 11.6. The van der Waals surface area contributed by atoms with Gasteiger partial charge in [0.15, 0.2) is 0 Å². The minimum absolute atomic E-state index is 0.128. The van der Waals surface area contributed by atoms with Gasteiger partial charge in [-0.05, 0) is 12.1 Å². The van der Waals surface area contributed by atoms with E-state index in [1.807, 2.05) is 0 Å². The summed E-state index contributed by atoms with van der Waals surface area (Å²) in [4.78, 5) is 55.8. The largest absolute Gasteiger partial charge is 0.478 e. The average molecular weight is 843 g/mol. The van der Waals surface area contributed by atoms with Crippen LogP contribution in [-0.2, 0) is 18.9 Å². The van der Waals surface area contributed by atoms with Crippen molar-refractivity contribution < 1.29 is 53.4 Å². The van der Waals surface area contributed by atoms with Crippen molar-refractivity contribution in [2.75, 3.05) is 32.6 Å². The Morgan fingerprint density at radius 3 is 1.17 bits per heavy atom. The van der Waals surface area contributed by atoms with E-state index in [9.17, 15) is 24.3 Å². The number of ether oxygens (including phenoxy) is 4. The van der Waals surface area contributed by atoms with E-state index in [1.54, 1.807) is 0 Å². The zero-order chi connectivity index (χ0) is 43.4. The van der Waals surface area contributed by atoms with Crippen LogP contribution in [0.4, 0.5) is 0 Å². The summed E-state index contributed by atoms with van der Waals surface area (Å²) in [6.45, 7) is 13.8. The van der Waals surface area contributed by atoms with Crippen molar-refractivity contribution in [1.82, 2.24) is 0 Å². The second-order valence-corrected chi connectivity index (χ2v) is 18.6. The molecule has 0 aliphatic heterocycles. The van der Waals surface area contributed by atoms with Crippen LogP contribution in [0.15, 0.2) is 48.9 Å². The maximum Gasteiger partial charge on any atom is 0.336 e. The zero-order valence-corrected chi connectivity index (χ0v) is 37.7. The molecule has 1 rings (SSSR count). The van der Waals surface area contributed by atoms with Crippen molar-refractivity contribution in [2.24, 2.45) is 0 Å². The summed E-state index contributed by atoms with van der Waals surface area (Å²) in [6.07, 6.45) is 28.2. The van der Waals surface area contributed by atoms with Crippen LogP contribution >= 0.6 is 7.28 Å². The first kappa shape index (κ1) is 55.5. The first-order valence-corrected chi connectivity index (χ1v) is 24.8. The van der Waals surface area contributed by atoms with Crippen molar-refractivity contribution >= 4 is 19.2 Å². The fraction of sp³-hybridized carbons (Fsp3) is 0.739. The average Bonchev–Trinajstić information content (AvgIpc) is 3.18. The van der Waals surface area contributed by atoms with Crippen LogP contribution in [0, 0.1) is 0 Å². The van der Waals surface area contributed by atoms with Crippen molar-refractivity contribution in [2.45, 2.75) is 187 Å². The van der Waals surface area contributed by atoms with Gasteiger partial charge in [-0.2, -0.15) is 0 Å². The van der Waals surface area contributed by atoms with Gasteiger partial charge in [0.2, 0.25) is 0 Å². The molecule has 0 aliphatic carbocycles. The van der Waals surface area contributed by atoms with E-state index in [2.05, 4.69) is 34.3 Å². The first-order chi connectivity index (χ1) is 27.8. The second-order valence-electron chi connectivity index (χ2n) is 15.3. The predicted octanol–water partition coefficient (Wildman–Crippen LogP) is 12.5. The molecule has 338 valence electrons. The standard InChI is InChI=1S/C38H77O7P.C8H6O4/c1-6-11-15-19-23-27-31-42-37(43-32-28-24-20-16-12-7-2)36-38(46(39,40,41)35-10-5,44-33-29-25-21-17-13-8-3)45-34-30-26-22-18-14-9-4;9-7(10)5-3-1-2-4-6(5)8(11)12/h10,36,39-41H,5-9,11-35H2,1-4H3;1-4H,(H,9,10)(H,11,12). The van der Waals surface area contributed by atoms with Gasteiger partial charge in [-0.15, -0.1) is 0 Å².